The summed E-state index contributed by atoms with van der Waals surface area (Å²) < 4.78 is 5.98. The molecule has 0 aliphatic carbocycles. The van der Waals surface area contributed by atoms with E-state index in [0.717, 1.165) is 5.56 Å². The van der Waals surface area contributed by atoms with Crippen molar-refractivity contribution in [3.8, 4) is 5.75 Å². The fraction of sp³-hybridized carbons (Fsp3) is 0.214. The summed E-state index contributed by atoms with van der Waals surface area (Å²) in [5.74, 6) is -0.562. The monoisotopic (exact) mass is 441 g/mol. The Morgan fingerprint density at radius 3 is 2.30 bits per heavy atom. The van der Waals surface area contributed by atoms with Crippen LogP contribution in [0.3, 0.4) is 0 Å². The molecule has 1 unspecified atom stereocenters. The van der Waals surface area contributed by atoms with Crippen LogP contribution in [0.2, 0.25) is 0 Å². The van der Waals surface area contributed by atoms with Crippen molar-refractivity contribution < 1.29 is 19.4 Å². The van der Waals surface area contributed by atoms with E-state index in [9.17, 15) is 14.7 Å². The molecular weight excluding hydrogens is 414 g/mol. The van der Waals surface area contributed by atoms with Crippen LogP contribution in [0.4, 0.5) is 5.69 Å². The number of ether oxygens (including phenoxy) is 1. The minimum absolute atomic E-state index is 0.0971. The number of hydrogen-bond donors (Lipinski definition) is 1. The van der Waals surface area contributed by atoms with Gasteiger partial charge in [-0.3, -0.25) is 14.5 Å². The summed E-state index contributed by atoms with van der Waals surface area (Å²) in [6.45, 7) is 4.28. The zero-order chi connectivity index (χ0) is 23.4. The Morgan fingerprint density at radius 1 is 0.970 bits per heavy atom. The van der Waals surface area contributed by atoms with Gasteiger partial charge in [0.25, 0.3) is 5.91 Å². The second-order valence-electron chi connectivity index (χ2n) is 8.54. The Labute approximate surface area is 193 Å². The first-order valence-electron chi connectivity index (χ1n) is 11.1. The molecule has 5 heteroatoms. The maximum Gasteiger partial charge on any atom is 0.294 e. The van der Waals surface area contributed by atoms with Gasteiger partial charge in [-0.1, -0.05) is 74.5 Å². The van der Waals surface area contributed by atoms with Crippen LogP contribution in [0.25, 0.3) is 0 Å². The number of anilines is 1. The van der Waals surface area contributed by atoms with Gasteiger partial charge in [0.05, 0.1) is 11.6 Å². The quantitative estimate of drug-likeness (QED) is 0.481. The number of carbonyl (C=O) groups excluding carboxylic acids is 2. The van der Waals surface area contributed by atoms with E-state index in [0.29, 0.717) is 23.6 Å². The number of hydrogen-bond acceptors (Lipinski definition) is 4. The van der Waals surface area contributed by atoms with Gasteiger partial charge < -0.3 is 9.84 Å². The largest absolute Gasteiger partial charge is 0.503 e. The van der Waals surface area contributed by atoms with Gasteiger partial charge in [0.15, 0.2) is 11.5 Å². The molecule has 0 saturated heterocycles. The molecule has 0 spiro atoms. The number of aliphatic hydroxyl groups is 1. The summed E-state index contributed by atoms with van der Waals surface area (Å²) in [7, 11) is 0. The molecule has 0 saturated carbocycles. The number of benzene rings is 3. The van der Waals surface area contributed by atoms with E-state index in [2.05, 4.69) is 0 Å². The topological polar surface area (TPSA) is 66.8 Å². The van der Waals surface area contributed by atoms with Gasteiger partial charge >= 0.3 is 0 Å². The molecule has 4 rings (SSSR count). The lowest BCUT2D eigenvalue weighted by atomic mass is 9.92. The Balaban J connectivity index is 1.72. The average molecular weight is 442 g/mol. The number of amides is 1. The van der Waals surface area contributed by atoms with Crippen LogP contribution in [0.5, 0.6) is 5.75 Å². The van der Waals surface area contributed by atoms with E-state index in [1.807, 2.05) is 86.6 Å². The molecule has 168 valence electrons. The lowest BCUT2D eigenvalue weighted by molar-refractivity contribution is -0.118. The summed E-state index contributed by atoms with van der Waals surface area (Å²) in [6, 6.07) is 25.6. The SMILES string of the molecule is CC(C)CC(=O)C1=C(O)C(=O)N(c2ccccc2)C1c1cccc(OCc2ccccc2)c1. The van der Waals surface area contributed by atoms with Crippen molar-refractivity contribution in [1.82, 2.24) is 0 Å². The van der Waals surface area contributed by atoms with Gasteiger partial charge in [0, 0.05) is 12.1 Å². The van der Waals surface area contributed by atoms with Crippen LogP contribution in [0, 0.1) is 5.92 Å². The van der Waals surface area contributed by atoms with Crippen LogP contribution in [-0.4, -0.2) is 16.8 Å². The Hall–Kier alpha value is -3.86. The van der Waals surface area contributed by atoms with E-state index in [1.54, 1.807) is 12.1 Å². The number of para-hydroxylation sites is 1. The van der Waals surface area contributed by atoms with Crippen LogP contribution < -0.4 is 9.64 Å². The second kappa shape index (κ2) is 9.74. The van der Waals surface area contributed by atoms with Crippen LogP contribution in [-0.2, 0) is 16.2 Å². The van der Waals surface area contributed by atoms with Gasteiger partial charge in [0.1, 0.15) is 12.4 Å². The number of aliphatic hydroxyl groups excluding tert-OH is 1. The van der Waals surface area contributed by atoms with Crippen molar-refractivity contribution in [3.63, 3.8) is 0 Å². The molecule has 0 radical (unpaired) electrons. The van der Waals surface area contributed by atoms with Crippen molar-refractivity contribution in [2.45, 2.75) is 32.9 Å². The average Bonchev–Trinajstić information content (AvgIpc) is 3.09. The number of Topliss-reactive ketones (excluding diaryl/α,β-unsaturated/α-hetero) is 1. The number of nitrogens with zero attached hydrogens (tertiary/aromatic N) is 1. The summed E-state index contributed by atoms with van der Waals surface area (Å²) >= 11 is 0. The number of carbonyl (C=O) groups is 2. The molecule has 0 aromatic heterocycles. The zero-order valence-electron chi connectivity index (χ0n) is 18.8. The molecule has 0 fully saturated rings. The minimum Gasteiger partial charge on any atom is -0.503 e. The minimum atomic E-state index is -0.730. The van der Waals surface area contributed by atoms with Gasteiger partial charge in [-0.25, -0.2) is 0 Å². The van der Waals surface area contributed by atoms with Gasteiger partial charge in [0.2, 0.25) is 0 Å². The molecule has 1 atom stereocenters. The van der Waals surface area contributed by atoms with Crippen molar-refractivity contribution in [2.75, 3.05) is 4.90 Å². The fourth-order valence-electron chi connectivity index (χ4n) is 4.06. The smallest absolute Gasteiger partial charge is 0.294 e. The lowest BCUT2D eigenvalue weighted by Crippen LogP contribution is -2.31. The summed E-state index contributed by atoms with van der Waals surface area (Å²) in [6.07, 6.45) is 0.246. The molecule has 1 aliphatic rings. The van der Waals surface area contributed by atoms with E-state index in [4.69, 9.17) is 4.74 Å². The first-order valence-corrected chi connectivity index (χ1v) is 11.1. The molecule has 3 aromatic rings. The third-order valence-corrected chi connectivity index (χ3v) is 5.56. The molecular formula is C28H27NO4. The Kier molecular flexibility index (Phi) is 6.59. The van der Waals surface area contributed by atoms with Gasteiger partial charge in [-0.05, 0) is 41.3 Å². The third-order valence-electron chi connectivity index (χ3n) is 5.56. The molecule has 5 nitrogen and oxygen atoms in total. The van der Waals surface area contributed by atoms with Crippen molar-refractivity contribution in [3.05, 3.63) is 107 Å². The normalized spacial score (nSPS) is 15.9. The first-order chi connectivity index (χ1) is 16.0. The first kappa shape index (κ1) is 22.3. The molecule has 0 bridgehead atoms. The van der Waals surface area contributed by atoms with Crippen molar-refractivity contribution >= 4 is 17.4 Å². The van der Waals surface area contributed by atoms with Gasteiger partial charge in [-0.2, -0.15) is 0 Å². The molecule has 33 heavy (non-hydrogen) atoms. The summed E-state index contributed by atoms with van der Waals surface area (Å²) in [5.41, 5.74) is 2.49. The van der Waals surface area contributed by atoms with Crippen molar-refractivity contribution in [2.24, 2.45) is 5.92 Å². The highest BCUT2D eigenvalue weighted by molar-refractivity contribution is 6.16. The van der Waals surface area contributed by atoms with Crippen LogP contribution >= 0.6 is 0 Å². The molecule has 1 amide bonds. The molecule has 1 N–H and O–H groups in total. The highest BCUT2D eigenvalue weighted by Crippen LogP contribution is 2.42. The standard InChI is InChI=1S/C28H27NO4/c1-19(2)16-24(30)25-26(29(28(32)27(25)31)22-13-7-4-8-14-22)21-12-9-15-23(17-21)33-18-20-10-5-3-6-11-20/h3-15,17,19,26,31H,16,18H2,1-2H3. The zero-order valence-corrected chi connectivity index (χ0v) is 18.8. The number of rotatable bonds is 8. The maximum atomic E-state index is 13.1. The highest BCUT2D eigenvalue weighted by atomic mass is 16.5. The molecule has 3 aromatic carbocycles. The van der Waals surface area contributed by atoms with Crippen LogP contribution in [0.15, 0.2) is 96.3 Å². The van der Waals surface area contributed by atoms with Gasteiger partial charge in [-0.15, -0.1) is 0 Å². The lowest BCUT2D eigenvalue weighted by Gasteiger charge is -2.27. The van der Waals surface area contributed by atoms with E-state index in [-0.39, 0.29) is 23.7 Å². The third kappa shape index (κ3) is 4.82. The predicted molar refractivity (Wildman–Crippen MR) is 128 cm³/mol. The van der Waals surface area contributed by atoms with E-state index < -0.39 is 17.7 Å². The highest BCUT2D eigenvalue weighted by Gasteiger charge is 2.44. The fourth-order valence-corrected chi connectivity index (χ4v) is 4.06. The summed E-state index contributed by atoms with van der Waals surface area (Å²) in [5, 5.41) is 10.8. The summed E-state index contributed by atoms with van der Waals surface area (Å²) in [4.78, 5) is 27.7. The predicted octanol–water partition coefficient (Wildman–Crippen LogP) is 5.78. The van der Waals surface area contributed by atoms with E-state index in [1.165, 1.54) is 4.90 Å². The maximum absolute atomic E-state index is 13.1. The molecule has 1 aliphatic heterocycles. The van der Waals surface area contributed by atoms with E-state index >= 15 is 0 Å². The Morgan fingerprint density at radius 2 is 1.64 bits per heavy atom. The van der Waals surface area contributed by atoms with Crippen molar-refractivity contribution in [1.29, 1.82) is 0 Å². The number of ketones is 1. The second-order valence-corrected chi connectivity index (χ2v) is 8.54. The molecule has 1 heterocycles. The Bertz CT molecular complexity index is 1170. The van der Waals surface area contributed by atoms with Crippen LogP contribution in [0.1, 0.15) is 37.4 Å².